The number of aliphatic hydroxyl groups excluding tert-OH is 1. The molecule has 0 aliphatic heterocycles. The summed E-state index contributed by atoms with van der Waals surface area (Å²) in [5.41, 5.74) is 1.72. The predicted molar refractivity (Wildman–Crippen MR) is 69.8 cm³/mol. The van der Waals surface area contributed by atoms with Crippen molar-refractivity contribution in [2.45, 2.75) is 18.4 Å². The highest BCUT2D eigenvalue weighted by molar-refractivity contribution is 7.99. The molecular weight excluding hydrogens is 232 g/mol. The minimum Gasteiger partial charge on any atom is -0.392 e. The van der Waals surface area contributed by atoms with Gasteiger partial charge in [-0.3, -0.25) is 0 Å². The third kappa shape index (κ3) is 3.05. The summed E-state index contributed by atoms with van der Waals surface area (Å²) in [5.74, 6) is 1.76. The lowest BCUT2D eigenvalue weighted by atomic mass is 10.2. The van der Waals surface area contributed by atoms with E-state index in [4.69, 9.17) is 5.11 Å². The normalized spacial score (nSPS) is 10.5. The van der Waals surface area contributed by atoms with Crippen molar-refractivity contribution in [3.8, 4) is 11.4 Å². The van der Waals surface area contributed by atoms with Crippen LogP contribution >= 0.6 is 11.8 Å². The zero-order valence-electron chi connectivity index (χ0n) is 9.63. The van der Waals surface area contributed by atoms with Crippen LogP contribution < -0.4 is 0 Å². The van der Waals surface area contributed by atoms with E-state index < -0.39 is 0 Å². The third-order valence-electron chi connectivity index (χ3n) is 2.31. The summed E-state index contributed by atoms with van der Waals surface area (Å²) in [4.78, 5) is 9.69. The van der Waals surface area contributed by atoms with E-state index in [1.807, 2.05) is 23.9 Å². The van der Waals surface area contributed by atoms with E-state index in [-0.39, 0.29) is 6.61 Å². The van der Waals surface area contributed by atoms with Crippen molar-refractivity contribution in [1.82, 2.24) is 9.97 Å². The van der Waals surface area contributed by atoms with E-state index in [1.54, 1.807) is 12.4 Å². The first kappa shape index (κ1) is 12.1. The van der Waals surface area contributed by atoms with E-state index in [1.165, 1.54) is 4.90 Å². The fourth-order valence-corrected chi connectivity index (χ4v) is 2.11. The Hall–Kier alpha value is -1.39. The van der Waals surface area contributed by atoms with E-state index in [0.717, 1.165) is 16.9 Å². The molecule has 2 aromatic rings. The van der Waals surface area contributed by atoms with Crippen molar-refractivity contribution in [3.63, 3.8) is 0 Å². The fraction of sp³-hybridized carbons (Fsp3) is 0.231. The number of benzene rings is 1. The van der Waals surface area contributed by atoms with Crippen LogP contribution in [0.15, 0.2) is 41.6 Å². The summed E-state index contributed by atoms with van der Waals surface area (Å²) >= 11 is 1.81. The standard InChI is InChI=1S/C13H14N2OS/c1-2-17-12-5-3-11(4-6-12)13-14-7-10(9-16)8-15-13/h3-8,16H,2,9H2,1H3. The van der Waals surface area contributed by atoms with Gasteiger partial charge in [0.05, 0.1) is 6.61 Å². The van der Waals surface area contributed by atoms with Gasteiger partial charge >= 0.3 is 0 Å². The Labute approximate surface area is 105 Å². The lowest BCUT2D eigenvalue weighted by Gasteiger charge is -2.02. The van der Waals surface area contributed by atoms with Gasteiger partial charge < -0.3 is 5.11 Å². The van der Waals surface area contributed by atoms with Crippen molar-refractivity contribution in [1.29, 1.82) is 0 Å². The number of aromatic nitrogens is 2. The highest BCUT2D eigenvalue weighted by atomic mass is 32.2. The molecule has 0 unspecified atom stereocenters. The SMILES string of the molecule is CCSc1ccc(-c2ncc(CO)cn2)cc1. The van der Waals surface area contributed by atoms with Gasteiger partial charge in [0.15, 0.2) is 5.82 Å². The molecule has 0 spiro atoms. The highest BCUT2D eigenvalue weighted by Crippen LogP contribution is 2.21. The third-order valence-corrected chi connectivity index (χ3v) is 3.21. The smallest absolute Gasteiger partial charge is 0.159 e. The van der Waals surface area contributed by atoms with Crippen LogP contribution in [0, 0.1) is 0 Å². The number of hydrogen-bond donors (Lipinski definition) is 1. The molecule has 0 atom stereocenters. The summed E-state index contributed by atoms with van der Waals surface area (Å²) in [6.45, 7) is 2.11. The van der Waals surface area contributed by atoms with E-state index in [2.05, 4.69) is 29.0 Å². The Morgan fingerprint density at radius 1 is 1.12 bits per heavy atom. The highest BCUT2D eigenvalue weighted by Gasteiger charge is 2.01. The maximum absolute atomic E-state index is 8.91. The minimum atomic E-state index is -0.0215. The molecule has 0 saturated heterocycles. The summed E-state index contributed by atoms with van der Waals surface area (Å²) in [7, 11) is 0. The largest absolute Gasteiger partial charge is 0.392 e. The molecule has 0 amide bonds. The van der Waals surface area contributed by atoms with Crippen LogP contribution in [0.2, 0.25) is 0 Å². The van der Waals surface area contributed by atoms with Crippen LogP contribution in [-0.2, 0) is 6.61 Å². The molecule has 17 heavy (non-hydrogen) atoms. The van der Waals surface area contributed by atoms with Gasteiger partial charge in [-0.05, 0) is 17.9 Å². The maximum Gasteiger partial charge on any atom is 0.159 e. The zero-order valence-corrected chi connectivity index (χ0v) is 10.4. The number of hydrogen-bond acceptors (Lipinski definition) is 4. The van der Waals surface area contributed by atoms with Crippen molar-refractivity contribution in [2.24, 2.45) is 0 Å². The summed E-state index contributed by atoms with van der Waals surface area (Å²) in [6, 6.07) is 8.19. The molecular formula is C13H14N2OS. The average Bonchev–Trinajstić information content (AvgIpc) is 2.40. The molecule has 2 rings (SSSR count). The number of thioether (sulfide) groups is 1. The lowest BCUT2D eigenvalue weighted by molar-refractivity contribution is 0.281. The Balaban J connectivity index is 2.20. The second kappa shape index (κ2) is 5.80. The van der Waals surface area contributed by atoms with Crippen molar-refractivity contribution in [3.05, 3.63) is 42.2 Å². The monoisotopic (exact) mass is 246 g/mol. The molecule has 4 heteroatoms. The lowest BCUT2D eigenvalue weighted by Crippen LogP contribution is -1.92. The van der Waals surface area contributed by atoms with Crippen LogP contribution in [0.25, 0.3) is 11.4 Å². The minimum absolute atomic E-state index is 0.0215. The maximum atomic E-state index is 8.91. The fourth-order valence-electron chi connectivity index (χ4n) is 1.45. The molecule has 1 heterocycles. The van der Waals surface area contributed by atoms with Crippen molar-refractivity contribution in [2.75, 3.05) is 5.75 Å². The van der Waals surface area contributed by atoms with Gasteiger partial charge in [0.2, 0.25) is 0 Å². The van der Waals surface area contributed by atoms with E-state index >= 15 is 0 Å². The Bertz CT molecular complexity index is 468. The van der Waals surface area contributed by atoms with E-state index in [0.29, 0.717) is 5.82 Å². The summed E-state index contributed by atoms with van der Waals surface area (Å²) in [6.07, 6.45) is 3.30. The molecule has 1 aromatic carbocycles. The Kier molecular flexibility index (Phi) is 4.12. The summed E-state index contributed by atoms with van der Waals surface area (Å²) in [5, 5.41) is 8.91. The summed E-state index contributed by atoms with van der Waals surface area (Å²) < 4.78 is 0. The Morgan fingerprint density at radius 2 is 1.76 bits per heavy atom. The molecule has 0 radical (unpaired) electrons. The molecule has 0 saturated carbocycles. The van der Waals surface area contributed by atoms with Gasteiger partial charge in [-0.15, -0.1) is 11.8 Å². The Morgan fingerprint density at radius 3 is 2.29 bits per heavy atom. The van der Waals surface area contributed by atoms with E-state index in [9.17, 15) is 0 Å². The second-order valence-electron chi connectivity index (χ2n) is 3.53. The van der Waals surface area contributed by atoms with Gasteiger partial charge in [0.1, 0.15) is 0 Å². The first-order valence-electron chi connectivity index (χ1n) is 5.48. The van der Waals surface area contributed by atoms with Crippen molar-refractivity contribution < 1.29 is 5.11 Å². The second-order valence-corrected chi connectivity index (χ2v) is 4.87. The number of aliphatic hydroxyl groups is 1. The molecule has 0 aliphatic rings. The molecule has 1 N–H and O–H groups in total. The molecule has 1 aromatic heterocycles. The van der Waals surface area contributed by atoms with Gasteiger partial charge in [-0.2, -0.15) is 0 Å². The molecule has 0 bridgehead atoms. The van der Waals surface area contributed by atoms with Gasteiger partial charge in [0.25, 0.3) is 0 Å². The van der Waals surface area contributed by atoms with Gasteiger partial charge in [-0.25, -0.2) is 9.97 Å². The molecule has 0 aliphatic carbocycles. The average molecular weight is 246 g/mol. The first-order valence-corrected chi connectivity index (χ1v) is 6.47. The van der Waals surface area contributed by atoms with Crippen LogP contribution in [0.5, 0.6) is 0 Å². The van der Waals surface area contributed by atoms with Crippen LogP contribution in [-0.4, -0.2) is 20.8 Å². The topological polar surface area (TPSA) is 46.0 Å². The predicted octanol–water partition coefficient (Wildman–Crippen LogP) is 2.75. The van der Waals surface area contributed by atoms with Crippen LogP contribution in [0.3, 0.4) is 0 Å². The van der Waals surface area contributed by atoms with Crippen molar-refractivity contribution >= 4 is 11.8 Å². The number of nitrogens with zero attached hydrogens (tertiary/aromatic N) is 2. The van der Waals surface area contributed by atoms with Gasteiger partial charge in [-0.1, -0.05) is 19.1 Å². The van der Waals surface area contributed by atoms with Crippen LogP contribution in [0.1, 0.15) is 12.5 Å². The van der Waals surface area contributed by atoms with Crippen LogP contribution in [0.4, 0.5) is 0 Å². The molecule has 0 fully saturated rings. The quantitative estimate of drug-likeness (QED) is 0.843. The molecule has 3 nitrogen and oxygen atoms in total. The molecule has 88 valence electrons. The zero-order chi connectivity index (χ0) is 12.1. The first-order chi connectivity index (χ1) is 8.33. The van der Waals surface area contributed by atoms with Gasteiger partial charge in [0, 0.05) is 28.4 Å². The number of rotatable bonds is 4.